The first-order valence-corrected chi connectivity index (χ1v) is 9.89. The number of thiocarbonyl (C=S) groups is 1. The number of hydrogen-bond acceptors (Lipinski definition) is 4. The summed E-state index contributed by atoms with van der Waals surface area (Å²) < 4.78 is 0.565. The molecule has 25 heavy (non-hydrogen) atoms. The molecule has 1 aliphatic heterocycles. The average molecular weight is 375 g/mol. The molecule has 0 bridgehead atoms. The van der Waals surface area contributed by atoms with Crippen molar-refractivity contribution in [3.05, 3.63) is 40.3 Å². The fourth-order valence-corrected chi connectivity index (χ4v) is 4.30. The summed E-state index contributed by atoms with van der Waals surface area (Å²) in [6, 6.07) is 7.64. The fraction of sp³-hybridized carbons (Fsp3) is 0.421. The molecule has 1 saturated heterocycles. The third-order valence-electron chi connectivity index (χ3n) is 4.65. The van der Waals surface area contributed by atoms with Crippen LogP contribution in [0, 0.1) is 0 Å². The lowest BCUT2D eigenvalue weighted by Crippen LogP contribution is -2.34. The minimum absolute atomic E-state index is 0.0154. The number of benzene rings is 1. The second-order valence-electron chi connectivity index (χ2n) is 6.52. The van der Waals surface area contributed by atoms with Crippen molar-refractivity contribution < 1.29 is 9.59 Å². The van der Waals surface area contributed by atoms with Crippen LogP contribution >= 0.6 is 24.0 Å². The van der Waals surface area contributed by atoms with Crippen molar-refractivity contribution in [2.24, 2.45) is 0 Å². The van der Waals surface area contributed by atoms with Gasteiger partial charge in [-0.25, -0.2) is 0 Å². The highest BCUT2D eigenvalue weighted by Crippen LogP contribution is 2.31. The lowest BCUT2D eigenvalue weighted by molar-refractivity contribution is -0.121. The summed E-state index contributed by atoms with van der Waals surface area (Å²) in [5.41, 5.74) is 1.55. The largest absolute Gasteiger partial charge is 0.349 e. The van der Waals surface area contributed by atoms with Gasteiger partial charge in [-0.1, -0.05) is 61.8 Å². The predicted molar refractivity (Wildman–Crippen MR) is 106 cm³/mol. The summed E-state index contributed by atoms with van der Waals surface area (Å²) in [6.45, 7) is 0. The van der Waals surface area contributed by atoms with Crippen LogP contribution < -0.4 is 5.32 Å². The molecule has 1 aromatic rings. The van der Waals surface area contributed by atoms with Crippen LogP contribution in [-0.2, 0) is 4.79 Å². The van der Waals surface area contributed by atoms with Gasteiger partial charge in [0.25, 0.3) is 11.8 Å². The topological polar surface area (TPSA) is 49.4 Å². The SMILES string of the molecule is CN1C(=O)C(=Cc2ccc(C(=O)NC3CCCCCC3)cc2)SC1=S. The Morgan fingerprint density at radius 1 is 1.20 bits per heavy atom. The molecule has 0 radical (unpaired) electrons. The molecule has 1 heterocycles. The Labute approximate surface area is 158 Å². The lowest BCUT2D eigenvalue weighted by atomic mass is 10.1. The Bertz CT molecular complexity index is 705. The molecule has 1 aliphatic carbocycles. The van der Waals surface area contributed by atoms with Crippen LogP contribution in [0.4, 0.5) is 0 Å². The molecular weight excluding hydrogens is 352 g/mol. The molecule has 0 spiro atoms. The molecule has 132 valence electrons. The van der Waals surface area contributed by atoms with Crippen LogP contribution in [0.2, 0.25) is 0 Å². The van der Waals surface area contributed by atoms with Crippen LogP contribution in [0.25, 0.3) is 6.08 Å². The molecular formula is C19H22N2O2S2. The van der Waals surface area contributed by atoms with E-state index < -0.39 is 0 Å². The zero-order valence-electron chi connectivity index (χ0n) is 14.3. The van der Waals surface area contributed by atoms with Crippen molar-refractivity contribution in [2.45, 2.75) is 44.6 Å². The van der Waals surface area contributed by atoms with Gasteiger partial charge in [-0.15, -0.1) is 0 Å². The Balaban J connectivity index is 1.65. The maximum Gasteiger partial charge on any atom is 0.265 e. The number of carbonyl (C=O) groups excluding carboxylic acids is 2. The van der Waals surface area contributed by atoms with Crippen molar-refractivity contribution in [1.82, 2.24) is 10.2 Å². The fourth-order valence-electron chi connectivity index (χ4n) is 3.12. The highest BCUT2D eigenvalue weighted by Gasteiger charge is 2.28. The minimum atomic E-state index is -0.0785. The van der Waals surface area contributed by atoms with E-state index in [2.05, 4.69) is 5.32 Å². The first-order valence-electron chi connectivity index (χ1n) is 8.67. The second-order valence-corrected chi connectivity index (χ2v) is 8.20. The smallest absolute Gasteiger partial charge is 0.265 e. The number of nitrogens with one attached hydrogen (secondary N) is 1. The summed E-state index contributed by atoms with van der Waals surface area (Å²) in [5, 5.41) is 3.15. The Morgan fingerprint density at radius 3 is 2.40 bits per heavy atom. The number of hydrogen-bond donors (Lipinski definition) is 1. The summed E-state index contributed by atoms with van der Waals surface area (Å²) in [5.74, 6) is -0.0940. The van der Waals surface area contributed by atoms with Crippen LogP contribution in [0.1, 0.15) is 54.4 Å². The first kappa shape index (κ1) is 18.1. The molecule has 2 amide bonds. The van der Waals surface area contributed by atoms with Gasteiger partial charge in [0.1, 0.15) is 4.32 Å². The molecule has 4 nitrogen and oxygen atoms in total. The maximum absolute atomic E-state index is 12.4. The van der Waals surface area contributed by atoms with Gasteiger partial charge in [0.2, 0.25) is 0 Å². The number of amides is 2. The molecule has 0 aromatic heterocycles. The molecule has 2 aliphatic rings. The summed E-state index contributed by atoms with van der Waals surface area (Å²) in [4.78, 5) is 26.5. The summed E-state index contributed by atoms with van der Waals surface area (Å²) >= 11 is 6.43. The van der Waals surface area contributed by atoms with Gasteiger partial charge in [0.15, 0.2) is 0 Å². The van der Waals surface area contributed by atoms with E-state index in [0.717, 1.165) is 18.4 Å². The maximum atomic E-state index is 12.4. The Kier molecular flexibility index (Phi) is 5.91. The van der Waals surface area contributed by atoms with Gasteiger partial charge in [-0.3, -0.25) is 14.5 Å². The zero-order valence-corrected chi connectivity index (χ0v) is 15.9. The monoisotopic (exact) mass is 374 g/mol. The summed E-state index contributed by atoms with van der Waals surface area (Å²) in [7, 11) is 1.68. The standard InChI is InChI=1S/C19H22N2O2S2/c1-21-18(23)16(25-19(21)24)12-13-8-10-14(11-9-13)17(22)20-15-6-4-2-3-5-7-15/h8-12,15H,2-7H2,1H3,(H,20,22). The van der Waals surface area contributed by atoms with E-state index in [1.54, 1.807) is 7.05 Å². The van der Waals surface area contributed by atoms with Crippen LogP contribution in [0.3, 0.4) is 0 Å². The van der Waals surface area contributed by atoms with Crippen molar-refractivity contribution in [1.29, 1.82) is 0 Å². The highest BCUT2D eigenvalue weighted by atomic mass is 32.2. The Hall–Kier alpha value is -1.66. The highest BCUT2D eigenvalue weighted by molar-refractivity contribution is 8.26. The predicted octanol–water partition coefficient (Wildman–Crippen LogP) is 3.97. The van der Waals surface area contributed by atoms with Crippen molar-refractivity contribution in [2.75, 3.05) is 7.05 Å². The molecule has 0 atom stereocenters. The number of likely N-dealkylation sites (N-methyl/N-ethyl adjacent to an activating group) is 1. The van der Waals surface area contributed by atoms with E-state index in [1.807, 2.05) is 30.3 Å². The van der Waals surface area contributed by atoms with Gasteiger partial charge in [-0.05, 0) is 36.6 Å². The van der Waals surface area contributed by atoms with Gasteiger partial charge < -0.3 is 5.32 Å². The number of rotatable bonds is 3. The molecule has 0 unspecified atom stereocenters. The Morgan fingerprint density at radius 2 is 1.84 bits per heavy atom. The second kappa shape index (κ2) is 8.15. The molecule has 3 rings (SSSR count). The van der Waals surface area contributed by atoms with E-state index in [9.17, 15) is 9.59 Å². The molecule has 1 saturated carbocycles. The van der Waals surface area contributed by atoms with E-state index in [-0.39, 0.29) is 11.8 Å². The van der Waals surface area contributed by atoms with Gasteiger partial charge >= 0.3 is 0 Å². The number of thioether (sulfide) groups is 1. The normalized spacial score (nSPS) is 20.8. The van der Waals surface area contributed by atoms with E-state index in [4.69, 9.17) is 12.2 Å². The van der Waals surface area contributed by atoms with Crippen LogP contribution in [0.15, 0.2) is 29.2 Å². The number of carbonyl (C=O) groups is 2. The van der Waals surface area contributed by atoms with E-state index in [1.165, 1.54) is 42.3 Å². The summed E-state index contributed by atoms with van der Waals surface area (Å²) in [6.07, 6.45) is 8.89. The third-order valence-corrected chi connectivity index (χ3v) is 6.13. The van der Waals surface area contributed by atoms with Gasteiger partial charge in [0, 0.05) is 18.7 Å². The molecule has 6 heteroatoms. The first-order chi connectivity index (χ1) is 12.0. The van der Waals surface area contributed by atoms with Crippen molar-refractivity contribution >= 4 is 46.2 Å². The van der Waals surface area contributed by atoms with Crippen LogP contribution in [0.5, 0.6) is 0 Å². The average Bonchev–Trinajstić information content (AvgIpc) is 2.80. The minimum Gasteiger partial charge on any atom is -0.349 e. The third kappa shape index (κ3) is 4.50. The van der Waals surface area contributed by atoms with Crippen molar-refractivity contribution in [3.8, 4) is 0 Å². The van der Waals surface area contributed by atoms with Crippen LogP contribution in [-0.4, -0.2) is 34.1 Å². The molecule has 2 fully saturated rings. The van der Waals surface area contributed by atoms with E-state index >= 15 is 0 Å². The van der Waals surface area contributed by atoms with Gasteiger partial charge in [0.05, 0.1) is 4.91 Å². The lowest BCUT2D eigenvalue weighted by Gasteiger charge is -2.16. The zero-order chi connectivity index (χ0) is 17.8. The van der Waals surface area contributed by atoms with E-state index in [0.29, 0.717) is 20.8 Å². The number of nitrogens with zero attached hydrogens (tertiary/aromatic N) is 1. The van der Waals surface area contributed by atoms with Gasteiger partial charge in [-0.2, -0.15) is 0 Å². The molecule has 1 aromatic carbocycles. The quantitative estimate of drug-likeness (QED) is 0.494. The van der Waals surface area contributed by atoms with Crippen molar-refractivity contribution in [3.63, 3.8) is 0 Å². The molecule has 1 N–H and O–H groups in total.